The van der Waals surface area contributed by atoms with Gasteiger partial charge in [-0.1, -0.05) is 11.0 Å². The van der Waals surface area contributed by atoms with Crippen molar-refractivity contribution in [3.63, 3.8) is 0 Å². The number of hydrogen-bond acceptors (Lipinski definition) is 5. The third-order valence-corrected chi connectivity index (χ3v) is 3.74. The Bertz CT molecular complexity index is 553. The minimum atomic E-state index is -3.86. The molecule has 1 aromatic carbocycles. The quantitative estimate of drug-likeness (QED) is 0.620. The van der Waals surface area contributed by atoms with E-state index < -0.39 is 14.9 Å². The van der Waals surface area contributed by atoms with Gasteiger partial charge in [0.05, 0.1) is 16.4 Å². The molecule has 0 spiro atoms. The van der Waals surface area contributed by atoms with Crippen molar-refractivity contribution in [3.05, 3.63) is 34.4 Å². The van der Waals surface area contributed by atoms with E-state index in [1.54, 1.807) is 0 Å². The Hall–Kier alpha value is -1.51. The molecule has 7 nitrogen and oxygen atoms in total. The summed E-state index contributed by atoms with van der Waals surface area (Å²) in [5.41, 5.74) is -0.278. The van der Waals surface area contributed by atoms with Crippen LogP contribution in [0.3, 0.4) is 0 Å². The van der Waals surface area contributed by atoms with Gasteiger partial charge in [0.15, 0.2) is 0 Å². The van der Waals surface area contributed by atoms with Gasteiger partial charge in [0.2, 0.25) is 0 Å². The first-order chi connectivity index (χ1) is 8.49. The van der Waals surface area contributed by atoms with E-state index in [4.69, 9.17) is 4.84 Å². The molecule has 8 heteroatoms. The fraction of sp³-hybridized carbons (Fsp3) is 0.400. The highest BCUT2D eigenvalue weighted by molar-refractivity contribution is 7.89. The van der Waals surface area contributed by atoms with Crippen LogP contribution in [0, 0.1) is 16.0 Å². The zero-order valence-electron chi connectivity index (χ0n) is 9.40. The second kappa shape index (κ2) is 5.01. The molecule has 0 atom stereocenters. The van der Waals surface area contributed by atoms with Crippen LogP contribution in [0.15, 0.2) is 29.2 Å². The number of nitro groups is 1. The van der Waals surface area contributed by atoms with E-state index in [0.717, 1.165) is 18.9 Å². The summed E-state index contributed by atoms with van der Waals surface area (Å²) in [6.45, 7) is 0.328. The van der Waals surface area contributed by atoms with Crippen molar-refractivity contribution in [2.45, 2.75) is 17.7 Å². The zero-order valence-corrected chi connectivity index (χ0v) is 10.2. The maximum absolute atomic E-state index is 11.8. The van der Waals surface area contributed by atoms with E-state index >= 15 is 0 Å². The molecule has 2 rings (SSSR count). The van der Waals surface area contributed by atoms with Gasteiger partial charge in [0.25, 0.3) is 15.7 Å². The van der Waals surface area contributed by atoms with Crippen molar-refractivity contribution in [1.82, 2.24) is 4.89 Å². The molecule has 0 saturated heterocycles. The van der Waals surface area contributed by atoms with Crippen molar-refractivity contribution in [1.29, 1.82) is 0 Å². The Labute approximate surface area is 104 Å². The van der Waals surface area contributed by atoms with Gasteiger partial charge in [-0.25, -0.2) is 8.42 Å². The SMILES string of the molecule is O=[N+]([O-])c1cccc(S(=O)(=O)NOCC2CC2)c1. The molecule has 1 aliphatic carbocycles. The second-order valence-corrected chi connectivity index (χ2v) is 5.74. The van der Waals surface area contributed by atoms with Crippen LogP contribution in [0.4, 0.5) is 5.69 Å². The van der Waals surface area contributed by atoms with Crippen LogP contribution in [-0.2, 0) is 14.9 Å². The van der Waals surface area contributed by atoms with Crippen LogP contribution >= 0.6 is 0 Å². The lowest BCUT2D eigenvalue weighted by Gasteiger charge is -2.06. The predicted octanol–water partition coefficient (Wildman–Crippen LogP) is 1.21. The van der Waals surface area contributed by atoms with E-state index in [9.17, 15) is 18.5 Å². The highest BCUT2D eigenvalue weighted by Gasteiger charge is 2.23. The van der Waals surface area contributed by atoms with Crippen molar-refractivity contribution < 1.29 is 18.2 Å². The standard InChI is InChI=1S/C10H12N2O5S/c13-12(14)9-2-1-3-10(6-9)18(15,16)11-17-7-8-4-5-8/h1-3,6,8,11H,4-5,7H2. The van der Waals surface area contributed by atoms with E-state index in [0.29, 0.717) is 12.5 Å². The summed E-state index contributed by atoms with van der Waals surface area (Å²) >= 11 is 0. The molecule has 1 aromatic rings. The van der Waals surface area contributed by atoms with Crippen LogP contribution in [0.5, 0.6) is 0 Å². The minimum absolute atomic E-state index is 0.188. The molecule has 0 amide bonds. The summed E-state index contributed by atoms with van der Waals surface area (Å²) < 4.78 is 23.5. The first-order valence-electron chi connectivity index (χ1n) is 5.37. The molecule has 0 bridgehead atoms. The second-order valence-electron chi connectivity index (χ2n) is 4.10. The van der Waals surface area contributed by atoms with Crippen molar-refractivity contribution in [2.75, 3.05) is 6.61 Å². The Balaban J connectivity index is 2.07. The molecular weight excluding hydrogens is 260 g/mol. The van der Waals surface area contributed by atoms with E-state index in [1.807, 2.05) is 4.89 Å². The number of non-ortho nitro benzene ring substituents is 1. The molecule has 0 heterocycles. The summed E-state index contributed by atoms with van der Waals surface area (Å²) in [4.78, 5) is 16.5. The summed E-state index contributed by atoms with van der Waals surface area (Å²) in [7, 11) is -3.86. The number of nitro benzene ring substituents is 1. The molecule has 1 saturated carbocycles. The van der Waals surface area contributed by atoms with E-state index in [-0.39, 0.29) is 10.6 Å². The van der Waals surface area contributed by atoms with Crippen LogP contribution in [0.2, 0.25) is 0 Å². The van der Waals surface area contributed by atoms with Gasteiger partial charge >= 0.3 is 0 Å². The van der Waals surface area contributed by atoms with Crippen LogP contribution < -0.4 is 4.89 Å². The number of rotatable bonds is 6. The smallest absolute Gasteiger partial charge is 0.270 e. The minimum Gasteiger partial charge on any atom is -0.287 e. The largest absolute Gasteiger partial charge is 0.287 e. The summed E-state index contributed by atoms with van der Waals surface area (Å²) in [6.07, 6.45) is 2.08. The lowest BCUT2D eigenvalue weighted by Crippen LogP contribution is -2.25. The Morgan fingerprint density at radius 3 is 2.78 bits per heavy atom. The van der Waals surface area contributed by atoms with Gasteiger partial charge < -0.3 is 0 Å². The molecule has 1 fully saturated rings. The highest BCUT2D eigenvalue weighted by atomic mass is 32.2. The lowest BCUT2D eigenvalue weighted by atomic mass is 10.3. The molecule has 1 aliphatic rings. The van der Waals surface area contributed by atoms with E-state index in [1.165, 1.54) is 18.2 Å². The van der Waals surface area contributed by atoms with Crippen molar-refractivity contribution >= 4 is 15.7 Å². The van der Waals surface area contributed by atoms with Crippen molar-refractivity contribution in [3.8, 4) is 0 Å². The van der Waals surface area contributed by atoms with Gasteiger partial charge in [-0.2, -0.15) is 0 Å². The average Bonchev–Trinajstić information content (AvgIpc) is 3.13. The van der Waals surface area contributed by atoms with Gasteiger partial charge in [0, 0.05) is 12.1 Å². The molecule has 1 N–H and O–H groups in total. The van der Waals surface area contributed by atoms with Crippen molar-refractivity contribution in [2.24, 2.45) is 5.92 Å². The zero-order chi connectivity index (χ0) is 13.2. The monoisotopic (exact) mass is 272 g/mol. The van der Waals surface area contributed by atoms with Gasteiger partial charge in [-0.05, 0) is 24.8 Å². The third kappa shape index (κ3) is 3.25. The predicted molar refractivity (Wildman–Crippen MR) is 62.1 cm³/mol. The topological polar surface area (TPSA) is 98.5 Å². The number of benzene rings is 1. The summed E-state index contributed by atoms with van der Waals surface area (Å²) in [6, 6.07) is 4.80. The van der Waals surface area contributed by atoms with Crippen LogP contribution in [0.25, 0.3) is 0 Å². The Morgan fingerprint density at radius 1 is 1.44 bits per heavy atom. The molecule has 0 aliphatic heterocycles. The Morgan fingerprint density at radius 2 is 2.17 bits per heavy atom. The number of nitrogens with one attached hydrogen (secondary N) is 1. The summed E-state index contributed by atoms with van der Waals surface area (Å²) in [5, 5.41) is 10.6. The molecule has 18 heavy (non-hydrogen) atoms. The maximum atomic E-state index is 11.8. The molecule has 0 unspecified atom stereocenters. The van der Waals surface area contributed by atoms with Gasteiger partial charge in [0.1, 0.15) is 0 Å². The first-order valence-corrected chi connectivity index (χ1v) is 6.85. The molecule has 98 valence electrons. The average molecular weight is 272 g/mol. The molecular formula is C10H12N2O5S. The normalized spacial score (nSPS) is 15.6. The first kappa shape index (κ1) is 12.9. The van der Waals surface area contributed by atoms with Gasteiger partial charge in [-0.15, -0.1) is 0 Å². The highest BCUT2D eigenvalue weighted by Crippen LogP contribution is 2.28. The van der Waals surface area contributed by atoms with E-state index in [2.05, 4.69) is 0 Å². The number of hydrogen-bond donors (Lipinski definition) is 1. The Kier molecular flexibility index (Phi) is 3.60. The maximum Gasteiger partial charge on any atom is 0.270 e. The molecule has 0 aromatic heterocycles. The van der Waals surface area contributed by atoms with Crippen LogP contribution in [-0.4, -0.2) is 19.9 Å². The third-order valence-electron chi connectivity index (χ3n) is 2.52. The number of sulfonamides is 1. The number of nitrogens with zero attached hydrogens (tertiary/aromatic N) is 1. The lowest BCUT2D eigenvalue weighted by molar-refractivity contribution is -0.385. The molecule has 0 radical (unpaired) electrons. The van der Waals surface area contributed by atoms with Crippen LogP contribution in [0.1, 0.15) is 12.8 Å². The summed E-state index contributed by atoms with van der Waals surface area (Å²) in [5.74, 6) is 0.415. The fourth-order valence-corrected chi connectivity index (χ4v) is 2.18. The van der Waals surface area contributed by atoms with Gasteiger partial charge in [-0.3, -0.25) is 15.0 Å². The fourth-order valence-electron chi connectivity index (χ4n) is 1.33.